The molecular formula is C33H22N2OS2. The molecule has 2 aromatic heterocycles. The maximum atomic E-state index is 14.2. The number of fused-ring (bicyclic) bond motifs is 5. The molecule has 1 unspecified atom stereocenters. The highest BCUT2D eigenvalue weighted by atomic mass is 32.1. The topological polar surface area (TPSA) is 34.4 Å². The Kier molecular flexibility index (Phi) is 4.90. The van der Waals surface area contributed by atoms with Gasteiger partial charge in [0.1, 0.15) is 0 Å². The number of hydrogen-bond acceptors (Lipinski definition) is 4. The van der Waals surface area contributed by atoms with Crippen LogP contribution in [0.3, 0.4) is 0 Å². The Bertz CT molecular complexity index is 2060. The molecule has 0 N–H and O–H groups in total. The largest absolute Gasteiger partial charge is 0.271 e. The molecule has 2 aliphatic rings. The number of thiazole rings is 1. The molecule has 0 saturated carbocycles. The fraction of sp³-hybridized carbons (Fsp3) is 0.0909. The third-order valence-electron chi connectivity index (χ3n) is 7.77. The lowest BCUT2D eigenvalue weighted by Gasteiger charge is -2.30. The zero-order valence-electron chi connectivity index (χ0n) is 20.4. The van der Waals surface area contributed by atoms with Gasteiger partial charge in [-0.05, 0) is 74.7 Å². The molecule has 182 valence electrons. The second-order valence-corrected chi connectivity index (χ2v) is 11.9. The Hall–Kier alpha value is -4.06. The van der Waals surface area contributed by atoms with Gasteiger partial charge in [-0.3, -0.25) is 9.36 Å². The van der Waals surface area contributed by atoms with E-state index < -0.39 is 0 Å². The molecule has 8 rings (SSSR count). The summed E-state index contributed by atoms with van der Waals surface area (Å²) in [5.74, 6) is 0. The van der Waals surface area contributed by atoms with E-state index in [1.54, 1.807) is 11.3 Å². The number of rotatable bonds is 2. The Morgan fingerprint density at radius 2 is 1.58 bits per heavy atom. The predicted molar refractivity (Wildman–Crippen MR) is 159 cm³/mol. The minimum atomic E-state index is -0.110. The van der Waals surface area contributed by atoms with Crippen LogP contribution in [-0.4, -0.2) is 4.57 Å². The van der Waals surface area contributed by atoms with Gasteiger partial charge in [-0.25, -0.2) is 4.99 Å². The van der Waals surface area contributed by atoms with Crippen LogP contribution in [-0.2, 0) is 6.42 Å². The Morgan fingerprint density at radius 3 is 2.34 bits per heavy atom. The third kappa shape index (κ3) is 3.25. The molecule has 3 nitrogen and oxygen atoms in total. The van der Waals surface area contributed by atoms with E-state index in [2.05, 4.69) is 102 Å². The Morgan fingerprint density at radius 1 is 0.842 bits per heavy atom. The average molecular weight is 527 g/mol. The number of allylic oxidation sites excluding steroid dienone is 1. The molecule has 1 aliphatic heterocycles. The van der Waals surface area contributed by atoms with E-state index in [1.807, 2.05) is 4.57 Å². The first-order chi connectivity index (χ1) is 18.8. The SMILES string of the molecule is O=c1/c(=C\c2c3ccccc3cc3ccccc23)sc2n1C(c1cccs1)C1=C(N=2)c2ccccc2CC1. The molecule has 0 saturated heterocycles. The first kappa shape index (κ1) is 22.0. The molecule has 0 spiro atoms. The number of thiophene rings is 1. The molecule has 0 amide bonds. The summed E-state index contributed by atoms with van der Waals surface area (Å²) in [6.45, 7) is 0. The molecule has 3 heterocycles. The fourth-order valence-electron chi connectivity index (χ4n) is 6.05. The lowest BCUT2D eigenvalue weighted by Crippen LogP contribution is -2.38. The summed E-state index contributed by atoms with van der Waals surface area (Å²) in [4.78, 5) is 21.3. The quantitative estimate of drug-likeness (QED) is 0.232. The number of aryl methyl sites for hydroxylation is 1. The number of aromatic nitrogens is 1. The monoisotopic (exact) mass is 526 g/mol. The molecule has 5 heteroatoms. The third-order valence-corrected chi connectivity index (χ3v) is 9.68. The summed E-state index contributed by atoms with van der Waals surface area (Å²) in [5, 5.41) is 6.76. The van der Waals surface area contributed by atoms with Gasteiger partial charge in [-0.1, -0.05) is 90.2 Å². The maximum absolute atomic E-state index is 14.2. The first-order valence-corrected chi connectivity index (χ1v) is 14.5. The maximum Gasteiger partial charge on any atom is 0.271 e. The van der Waals surface area contributed by atoms with E-state index in [1.165, 1.54) is 43.7 Å². The summed E-state index contributed by atoms with van der Waals surface area (Å²) in [7, 11) is 0. The summed E-state index contributed by atoms with van der Waals surface area (Å²) in [5.41, 5.74) is 5.96. The van der Waals surface area contributed by atoms with Crippen LogP contribution in [0, 0.1) is 0 Å². The van der Waals surface area contributed by atoms with Crippen molar-refractivity contribution in [3.05, 3.63) is 143 Å². The second kappa shape index (κ2) is 8.48. The van der Waals surface area contributed by atoms with Gasteiger partial charge in [0.2, 0.25) is 0 Å². The Labute approximate surface area is 227 Å². The van der Waals surface area contributed by atoms with E-state index in [9.17, 15) is 4.79 Å². The molecule has 1 atom stereocenters. The van der Waals surface area contributed by atoms with Crippen molar-refractivity contribution in [2.24, 2.45) is 4.99 Å². The van der Waals surface area contributed by atoms with Gasteiger partial charge in [0, 0.05) is 10.4 Å². The summed E-state index contributed by atoms with van der Waals surface area (Å²) in [6.07, 6.45) is 3.98. The number of benzene rings is 4. The number of hydrogen-bond donors (Lipinski definition) is 0. The van der Waals surface area contributed by atoms with Crippen molar-refractivity contribution in [1.82, 2.24) is 4.57 Å². The predicted octanol–water partition coefficient (Wildman–Crippen LogP) is 6.69. The molecule has 0 bridgehead atoms. The van der Waals surface area contributed by atoms with Crippen molar-refractivity contribution in [2.45, 2.75) is 18.9 Å². The molecule has 0 fully saturated rings. The smallest absolute Gasteiger partial charge is 0.271 e. The van der Waals surface area contributed by atoms with Crippen LogP contribution in [0.15, 0.2) is 112 Å². The zero-order valence-corrected chi connectivity index (χ0v) is 22.1. The van der Waals surface area contributed by atoms with Gasteiger partial charge in [0.15, 0.2) is 4.80 Å². The van der Waals surface area contributed by atoms with E-state index in [-0.39, 0.29) is 11.6 Å². The van der Waals surface area contributed by atoms with E-state index in [4.69, 9.17) is 4.99 Å². The first-order valence-electron chi connectivity index (χ1n) is 12.8. The van der Waals surface area contributed by atoms with Crippen LogP contribution in [0.25, 0.3) is 33.3 Å². The minimum absolute atomic E-state index is 0.0366. The molecule has 6 aromatic rings. The van der Waals surface area contributed by atoms with Gasteiger partial charge in [-0.15, -0.1) is 11.3 Å². The van der Waals surface area contributed by atoms with Gasteiger partial charge in [0.25, 0.3) is 5.56 Å². The van der Waals surface area contributed by atoms with Crippen LogP contribution in [0.4, 0.5) is 0 Å². The molecule has 4 aromatic carbocycles. The highest BCUT2D eigenvalue weighted by molar-refractivity contribution is 7.10. The van der Waals surface area contributed by atoms with Gasteiger partial charge in [-0.2, -0.15) is 0 Å². The summed E-state index contributed by atoms with van der Waals surface area (Å²) >= 11 is 3.22. The molecule has 1 aliphatic carbocycles. The van der Waals surface area contributed by atoms with Gasteiger partial charge in [0.05, 0.1) is 16.3 Å². The van der Waals surface area contributed by atoms with E-state index in [0.29, 0.717) is 0 Å². The summed E-state index contributed by atoms with van der Waals surface area (Å²) in [6, 6.07) is 31.8. The lowest BCUT2D eigenvalue weighted by atomic mass is 9.85. The second-order valence-electron chi connectivity index (χ2n) is 9.86. The van der Waals surface area contributed by atoms with Gasteiger partial charge >= 0.3 is 0 Å². The normalized spacial score (nSPS) is 16.8. The van der Waals surface area contributed by atoms with Crippen molar-refractivity contribution >= 4 is 56.0 Å². The van der Waals surface area contributed by atoms with Crippen LogP contribution < -0.4 is 14.9 Å². The van der Waals surface area contributed by atoms with Crippen molar-refractivity contribution in [2.75, 3.05) is 0 Å². The minimum Gasteiger partial charge on any atom is -0.271 e. The van der Waals surface area contributed by atoms with E-state index in [0.717, 1.165) is 44.2 Å². The number of nitrogens with zero attached hydrogens (tertiary/aromatic N) is 2. The highest BCUT2D eigenvalue weighted by Gasteiger charge is 2.33. The summed E-state index contributed by atoms with van der Waals surface area (Å²) < 4.78 is 2.67. The van der Waals surface area contributed by atoms with Crippen molar-refractivity contribution in [1.29, 1.82) is 0 Å². The molecular weight excluding hydrogens is 505 g/mol. The van der Waals surface area contributed by atoms with Gasteiger partial charge < -0.3 is 0 Å². The average Bonchev–Trinajstić information content (AvgIpc) is 3.60. The van der Waals surface area contributed by atoms with Crippen LogP contribution >= 0.6 is 22.7 Å². The van der Waals surface area contributed by atoms with E-state index >= 15 is 0 Å². The Balaban J connectivity index is 1.44. The van der Waals surface area contributed by atoms with Crippen LogP contribution in [0.1, 0.15) is 34.0 Å². The zero-order chi connectivity index (χ0) is 25.2. The standard InChI is InChI=1S/C33H22N2OS2/c36-32-29(19-27-23-11-4-2-9-21(23)18-22-10-3-5-12-24(22)27)38-33-34-30-25-13-6-1-8-20(25)15-16-26(30)31(35(32)33)28-14-7-17-37-28/h1-14,17-19,31H,15-16H2/b29-19+. The van der Waals surface area contributed by atoms with Crippen molar-refractivity contribution in [3.8, 4) is 0 Å². The molecule has 38 heavy (non-hydrogen) atoms. The van der Waals surface area contributed by atoms with Crippen molar-refractivity contribution in [3.63, 3.8) is 0 Å². The highest BCUT2D eigenvalue weighted by Crippen LogP contribution is 2.42. The molecule has 0 radical (unpaired) electrons. The fourth-order valence-corrected chi connectivity index (χ4v) is 7.88. The van der Waals surface area contributed by atoms with Crippen molar-refractivity contribution < 1.29 is 0 Å². The van der Waals surface area contributed by atoms with Crippen LogP contribution in [0.2, 0.25) is 0 Å². The lowest BCUT2D eigenvalue weighted by molar-refractivity contribution is 0.593. The van der Waals surface area contributed by atoms with Crippen LogP contribution in [0.5, 0.6) is 0 Å².